The van der Waals surface area contributed by atoms with Crippen LogP contribution in [0.1, 0.15) is 30.0 Å². The molecule has 1 saturated carbocycles. The van der Waals surface area contributed by atoms with E-state index in [0.717, 1.165) is 24.0 Å². The van der Waals surface area contributed by atoms with Crippen molar-refractivity contribution in [3.8, 4) is 0 Å². The van der Waals surface area contributed by atoms with Crippen molar-refractivity contribution in [1.82, 2.24) is 5.32 Å². The van der Waals surface area contributed by atoms with Crippen LogP contribution in [0.2, 0.25) is 0 Å². The van der Waals surface area contributed by atoms with E-state index in [4.69, 9.17) is 5.73 Å². The number of nitrogens with one attached hydrogen (secondary N) is 1. The Bertz CT molecular complexity index is 668. The summed E-state index contributed by atoms with van der Waals surface area (Å²) in [6.45, 7) is 0.538. The zero-order chi connectivity index (χ0) is 15.6. The fourth-order valence-electron chi connectivity index (χ4n) is 2.91. The van der Waals surface area contributed by atoms with Gasteiger partial charge < -0.3 is 11.1 Å². The van der Waals surface area contributed by atoms with E-state index in [9.17, 15) is 9.18 Å². The number of nitrogens with two attached hydrogens (primary N) is 1. The van der Waals surface area contributed by atoms with Crippen molar-refractivity contribution in [2.75, 3.05) is 6.54 Å². The van der Waals surface area contributed by atoms with Gasteiger partial charge in [-0.15, -0.1) is 0 Å². The Morgan fingerprint density at radius 1 is 1.14 bits per heavy atom. The van der Waals surface area contributed by atoms with E-state index in [1.54, 1.807) is 6.07 Å². The second kappa shape index (κ2) is 5.89. The quantitative estimate of drug-likeness (QED) is 0.861. The lowest BCUT2D eigenvalue weighted by Crippen LogP contribution is -2.38. The first-order valence-corrected chi connectivity index (χ1v) is 7.45. The summed E-state index contributed by atoms with van der Waals surface area (Å²) >= 11 is 0. The molecule has 114 valence electrons. The number of hydrogen-bond donors (Lipinski definition) is 2. The summed E-state index contributed by atoms with van der Waals surface area (Å²) in [5.74, 6) is -0.604. The van der Waals surface area contributed by atoms with Crippen LogP contribution in [0.25, 0.3) is 0 Å². The molecular weight excluding hydrogens is 279 g/mol. The van der Waals surface area contributed by atoms with Crippen LogP contribution >= 0.6 is 0 Å². The Hall–Kier alpha value is -2.20. The molecule has 1 aliphatic carbocycles. The fraction of sp³-hybridized carbons (Fsp3) is 0.278. The predicted molar refractivity (Wildman–Crippen MR) is 83.7 cm³/mol. The molecule has 0 radical (unpaired) electrons. The number of rotatable bonds is 6. The maximum Gasteiger partial charge on any atom is 0.239 e. The van der Waals surface area contributed by atoms with Crippen LogP contribution in [0.4, 0.5) is 4.39 Å². The maximum absolute atomic E-state index is 14.0. The van der Waals surface area contributed by atoms with Crippen molar-refractivity contribution < 1.29 is 9.18 Å². The molecule has 0 unspecified atom stereocenters. The molecule has 4 heteroatoms. The number of primary amides is 1. The fourth-order valence-corrected chi connectivity index (χ4v) is 2.91. The summed E-state index contributed by atoms with van der Waals surface area (Å²) in [5, 5.41) is 3.22. The summed E-state index contributed by atoms with van der Waals surface area (Å²) in [6.07, 6.45) is 1.84. The molecule has 0 spiro atoms. The Morgan fingerprint density at radius 2 is 1.77 bits per heavy atom. The molecule has 1 fully saturated rings. The van der Waals surface area contributed by atoms with Gasteiger partial charge in [0.15, 0.2) is 0 Å². The Morgan fingerprint density at radius 3 is 2.36 bits per heavy atom. The second-order valence-electron chi connectivity index (χ2n) is 5.89. The monoisotopic (exact) mass is 298 g/mol. The molecule has 1 amide bonds. The van der Waals surface area contributed by atoms with Crippen molar-refractivity contribution in [1.29, 1.82) is 0 Å². The molecule has 2 aromatic carbocycles. The Balaban J connectivity index is 1.76. The third kappa shape index (κ3) is 2.88. The first-order chi connectivity index (χ1) is 10.6. The average Bonchev–Trinajstić information content (AvgIpc) is 3.29. The summed E-state index contributed by atoms with van der Waals surface area (Å²) in [5.41, 5.74) is 6.85. The highest BCUT2D eigenvalue weighted by molar-refractivity contribution is 5.81. The van der Waals surface area contributed by atoms with Crippen LogP contribution in [-0.2, 0) is 10.2 Å². The molecule has 3 nitrogen and oxygen atoms in total. The van der Waals surface area contributed by atoms with E-state index in [1.165, 1.54) is 6.07 Å². The van der Waals surface area contributed by atoms with E-state index in [2.05, 4.69) is 5.32 Å². The standard InChI is InChI=1S/C18H19FN2O/c19-15-9-5-4-8-14(15)18(10-11-18)12-21-16(17(20)22)13-6-2-1-3-7-13/h1-9,16,21H,10-12H2,(H2,20,22)/t16-/m0/s1. The lowest BCUT2D eigenvalue weighted by atomic mass is 9.94. The van der Waals surface area contributed by atoms with Gasteiger partial charge in [0.2, 0.25) is 5.91 Å². The molecule has 3 rings (SSSR count). The molecule has 3 N–H and O–H groups in total. The van der Waals surface area contributed by atoms with Gasteiger partial charge >= 0.3 is 0 Å². The first-order valence-electron chi connectivity index (χ1n) is 7.45. The number of hydrogen-bond acceptors (Lipinski definition) is 2. The van der Waals surface area contributed by atoms with E-state index in [0.29, 0.717) is 6.54 Å². The zero-order valence-corrected chi connectivity index (χ0v) is 12.3. The summed E-state index contributed by atoms with van der Waals surface area (Å²) in [4.78, 5) is 11.7. The van der Waals surface area contributed by atoms with Crippen molar-refractivity contribution in [3.63, 3.8) is 0 Å². The second-order valence-corrected chi connectivity index (χ2v) is 5.89. The summed E-state index contributed by atoms with van der Waals surface area (Å²) in [7, 11) is 0. The van der Waals surface area contributed by atoms with Gasteiger partial charge in [-0.2, -0.15) is 0 Å². The molecule has 2 aromatic rings. The topological polar surface area (TPSA) is 55.1 Å². The average molecular weight is 298 g/mol. The van der Waals surface area contributed by atoms with Crippen molar-refractivity contribution >= 4 is 5.91 Å². The third-order valence-electron chi connectivity index (χ3n) is 4.36. The van der Waals surface area contributed by atoms with Crippen molar-refractivity contribution in [2.24, 2.45) is 5.73 Å². The highest BCUT2D eigenvalue weighted by Gasteiger charge is 2.46. The largest absolute Gasteiger partial charge is 0.368 e. The smallest absolute Gasteiger partial charge is 0.239 e. The van der Waals surface area contributed by atoms with Gasteiger partial charge in [-0.3, -0.25) is 4.79 Å². The number of carbonyl (C=O) groups excluding carboxylic acids is 1. The summed E-state index contributed by atoms with van der Waals surface area (Å²) in [6, 6.07) is 15.7. The molecule has 0 aromatic heterocycles. The van der Waals surface area contributed by atoms with Gasteiger partial charge in [-0.25, -0.2) is 4.39 Å². The van der Waals surface area contributed by atoms with E-state index in [-0.39, 0.29) is 11.2 Å². The van der Waals surface area contributed by atoms with Crippen LogP contribution in [-0.4, -0.2) is 12.5 Å². The van der Waals surface area contributed by atoms with Crippen LogP contribution in [0.3, 0.4) is 0 Å². The lowest BCUT2D eigenvalue weighted by Gasteiger charge is -2.22. The van der Waals surface area contributed by atoms with Crippen molar-refractivity contribution in [2.45, 2.75) is 24.3 Å². The van der Waals surface area contributed by atoms with E-state index in [1.807, 2.05) is 42.5 Å². The molecule has 0 heterocycles. The molecule has 1 aliphatic rings. The van der Waals surface area contributed by atoms with Gasteiger partial charge in [-0.05, 0) is 30.0 Å². The van der Waals surface area contributed by atoms with E-state index < -0.39 is 11.9 Å². The Kier molecular flexibility index (Phi) is 3.94. The first kappa shape index (κ1) is 14.7. The van der Waals surface area contributed by atoms with Gasteiger partial charge in [0, 0.05) is 12.0 Å². The highest BCUT2D eigenvalue weighted by Crippen LogP contribution is 2.48. The molecule has 0 saturated heterocycles. The van der Waals surface area contributed by atoms with Crippen LogP contribution in [0.15, 0.2) is 54.6 Å². The van der Waals surface area contributed by atoms with Crippen LogP contribution < -0.4 is 11.1 Å². The minimum absolute atomic E-state index is 0.183. The highest BCUT2D eigenvalue weighted by atomic mass is 19.1. The lowest BCUT2D eigenvalue weighted by molar-refractivity contribution is -0.120. The molecule has 1 atom stereocenters. The minimum atomic E-state index is -0.551. The van der Waals surface area contributed by atoms with E-state index >= 15 is 0 Å². The molecule has 22 heavy (non-hydrogen) atoms. The normalized spacial score (nSPS) is 17.0. The van der Waals surface area contributed by atoms with Gasteiger partial charge in [0.25, 0.3) is 0 Å². The molecular formula is C18H19FN2O. The van der Waals surface area contributed by atoms with Crippen LogP contribution in [0.5, 0.6) is 0 Å². The van der Waals surface area contributed by atoms with Gasteiger partial charge in [0.05, 0.1) is 0 Å². The van der Waals surface area contributed by atoms with Crippen LogP contribution in [0, 0.1) is 5.82 Å². The number of halogens is 1. The van der Waals surface area contributed by atoms with Gasteiger partial charge in [-0.1, -0.05) is 48.5 Å². The Labute approximate surface area is 129 Å². The number of benzene rings is 2. The van der Waals surface area contributed by atoms with Crippen molar-refractivity contribution in [3.05, 3.63) is 71.5 Å². The zero-order valence-electron chi connectivity index (χ0n) is 12.3. The molecule has 0 aliphatic heterocycles. The third-order valence-corrected chi connectivity index (χ3v) is 4.36. The SMILES string of the molecule is NC(=O)[C@@H](NCC1(c2ccccc2F)CC1)c1ccccc1. The maximum atomic E-state index is 14.0. The summed E-state index contributed by atoms with van der Waals surface area (Å²) < 4.78 is 14.0. The van der Waals surface area contributed by atoms with Gasteiger partial charge in [0.1, 0.15) is 11.9 Å². The predicted octanol–water partition coefficient (Wildman–Crippen LogP) is 2.67. The number of amides is 1. The molecule has 0 bridgehead atoms. The number of carbonyl (C=O) groups is 1. The minimum Gasteiger partial charge on any atom is -0.368 e.